The lowest BCUT2D eigenvalue weighted by molar-refractivity contribution is 0.251. The van der Waals surface area contributed by atoms with Gasteiger partial charge in [0, 0.05) is 12.2 Å². The van der Waals surface area contributed by atoms with Crippen molar-refractivity contribution in [1.82, 2.24) is 10.3 Å². The summed E-state index contributed by atoms with van der Waals surface area (Å²) in [5, 5.41) is 3.05. The lowest BCUT2D eigenvalue weighted by Gasteiger charge is -2.27. The Morgan fingerprint density at radius 2 is 2.44 bits per heavy atom. The zero-order chi connectivity index (χ0) is 12.0. The second-order valence-electron chi connectivity index (χ2n) is 3.66. The summed E-state index contributed by atoms with van der Waals surface area (Å²) in [5.41, 5.74) is 6.11. The van der Waals surface area contributed by atoms with E-state index in [9.17, 15) is 4.79 Å². The second kappa shape index (κ2) is 6.07. The highest BCUT2D eigenvalue weighted by molar-refractivity contribution is 5.90. The van der Waals surface area contributed by atoms with E-state index < -0.39 is 6.03 Å². The van der Waals surface area contributed by atoms with Gasteiger partial charge in [-0.1, -0.05) is 0 Å². The van der Waals surface area contributed by atoms with Gasteiger partial charge in [-0.05, 0) is 39.1 Å². The minimum absolute atomic E-state index is 0.0501. The van der Waals surface area contributed by atoms with Gasteiger partial charge in [0.05, 0.1) is 11.9 Å². The Labute approximate surface area is 95.7 Å². The van der Waals surface area contributed by atoms with Gasteiger partial charge in [-0.3, -0.25) is 9.88 Å². The van der Waals surface area contributed by atoms with Crippen molar-refractivity contribution >= 4 is 11.7 Å². The van der Waals surface area contributed by atoms with Gasteiger partial charge in [-0.15, -0.1) is 0 Å². The van der Waals surface area contributed by atoms with Crippen LogP contribution in [0.4, 0.5) is 10.5 Å². The number of nitrogens with zero attached hydrogens (tertiary/aromatic N) is 2. The molecule has 0 fully saturated rings. The highest BCUT2D eigenvalue weighted by Crippen LogP contribution is 2.16. The average Bonchev–Trinajstić information content (AvgIpc) is 2.27. The fourth-order valence-corrected chi connectivity index (χ4v) is 1.58. The van der Waals surface area contributed by atoms with Crippen LogP contribution in [0.15, 0.2) is 24.5 Å². The van der Waals surface area contributed by atoms with Gasteiger partial charge in [0.2, 0.25) is 0 Å². The molecule has 0 aliphatic carbocycles. The van der Waals surface area contributed by atoms with Crippen molar-refractivity contribution in [3.05, 3.63) is 24.5 Å². The van der Waals surface area contributed by atoms with Crippen molar-refractivity contribution in [2.24, 2.45) is 5.73 Å². The third-order valence-electron chi connectivity index (χ3n) is 2.41. The van der Waals surface area contributed by atoms with Crippen LogP contribution in [0.3, 0.4) is 0 Å². The predicted molar refractivity (Wildman–Crippen MR) is 64.3 cm³/mol. The number of primary amides is 1. The number of anilines is 1. The molecule has 1 heterocycles. The molecule has 1 atom stereocenters. The van der Waals surface area contributed by atoms with Crippen molar-refractivity contribution in [2.75, 3.05) is 18.5 Å². The summed E-state index contributed by atoms with van der Waals surface area (Å²) < 4.78 is 0. The summed E-state index contributed by atoms with van der Waals surface area (Å²) in [7, 11) is 1.88. The molecule has 1 aromatic rings. The van der Waals surface area contributed by atoms with Gasteiger partial charge in [-0.2, -0.15) is 0 Å². The first-order valence-electron chi connectivity index (χ1n) is 5.30. The van der Waals surface area contributed by atoms with Crippen molar-refractivity contribution in [1.29, 1.82) is 0 Å². The summed E-state index contributed by atoms with van der Waals surface area (Å²) in [5.74, 6) is 0. The number of rotatable bonds is 5. The topological polar surface area (TPSA) is 71.2 Å². The molecule has 1 aromatic heterocycles. The maximum Gasteiger partial charge on any atom is 0.319 e. The standard InChI is InChI=1S/C11H18N4O/c1-9(5-7-13-2)15(11(12)16)10-4-3-6-14-8-10/h3-4,6,8-9,13H,5,7H2,1-2H3,(H2,12,16). The number of carbonyl (C=O) groups is 1. The first-order chi connectivity index (χ1) is 7.66. The van der Waals surface area contributed by atoms with Crippen molar-refractivity contribution in [2.45, 2.75) is 19.4 Å². The monoisotopic (exact) mass is 222 g/mol. The number of nitrogens with two attached hydrogens (primary N) is 1. The molecule has 5 heteroatoms. The Hall–Kier alpha value is -1.62. The van der Waals surface area contributed by atoms with Crippen LogP contribution in [-0.4, -0.2) is 30.6 Å². The van der Waals surface area contributed by atoms with E-state index in [2.05, 4.69) is 10.3 Å². The van der Waals surface area contributed by atoms with Crippen LogP contribution < -0.4 is 16.0 Å². The molecule has 0 saturated carbocycles. The van der Waals surface area contributed by atoms with Crippen molar-refractivity contribution < 1.29 is 4.79 Å². The third kappa shape index (κ3) is 3.20. The summed E-state index contributed by atoms with van der Waals surface area (Å²) in [6.45, 7) is 2.81. The highest BCUT2D eigenvalue weighted by atomic mass is 16.2. The third-order valence-corrected chi connectivity index (χ3v) is 2.41. The fraction of sp³-hybridized carbons (Fsp3) is 0.455. The Kier molecular flexibility index (Phi) is 4.72. The zero-order valence-corrected chi connectivity index (χ0v) is 9.68. The summed E-state index contributed by atoms with van der Waals surface area (Å²) >= 11 is 0. The number of carbonyl (C=O) groups excluding carboxylic acids is 1. The predicted octanol–water partition coefficient (Wildman–Crippen LogP) is 0.965. The van der Waals surface area contributed by atoms with Crippen LogP contribution in [0.1, 0.15) is 13.3 Å². The minimum atomic E-state index is -0.448. The van der Waals surface area contributed by atoms with E-state index in [0.717, 1.165) is 18.7 Å². The highest BCUT2D eigenvalue weighted by Gasteiger charge is 2.18. The Morgan fingerprint density at radius 3 is 2.94 bits per heavy atom. The SMILES string of the molecule is CNCCC(C)N(C(N)=O)c1cccnc1. The van der Waals surface area contributed by atoms with Crippen LogP contribution in [0, 0.1) is 0 Å². The van der Waals surface area contributed by atoms with E-state index in [1.807, 2.05) is 20.0 Å². The molecule has 88 valence electrons. The molecule has 0 spiro atoms. The molecule has 1 rings (SSSR count). The molecule has 3 N–H and O–H groups in total. The van der Waals surface area contributed by atoms with Gasteiger partial charge in [0.15, 0.2) is 0 Å². The van der Waals surface area contributed by atoms with Crippen LogP contribution in [0.25, 0.3) is 0 Å². The molecular weight excluding hydrogens is 204 g/mol. The number of amides is 2. The Morgan fingerprint density at radius 1 is 1.69 bits per heavy atom. The van der Waals surface area contributed by atoms with E-state index in [4.69, 9.17) is 5.73 Å². The van der Waals surface area contributed by atoms with Crippen molar-refractivity contribution in [3.8, 4) is 0 Å². The van der Waals surface area contributed by atoms with Crippen LogP contribution >= 0.6 is 0 Å². The second-order valence-corrected chi connectivity index (χ2v) is 3.66. The maximum atomic E-state index is 11.4. The number of aromatic nitrogens is 1. The molecule has 5 nitrogen and oxygen atoms in total. The zero-order valence-electron chi connectivity index (χ0n) is 9.68. The lowest BCUT2D eigenvalue weighted by atomic mass is 10.2. The van der Waals surface area contributed by atoms with Crippen LogP contribution in [0.5, 0.6) is 0 Å². The molecule has 16 heavy (non-hydrogen) atoms. The molecule has 0 radical (unpaired) electrons. The normalized spacial score (nSPS) is 12.1. The first kappa shape index (κ1) is 12.4. The van der Waals surface area contributed by atoms with E-state index >= 15 is 0 Å². The summed E-state index contributed by atoms with van der Waals surface area (Å²) in [6.07, 6.45) is 4.15. The molecule has 0 aromatic carbocycles. The largest absolute Gasteiger partial charge is 0.351 e. The maximum absolute atomic E-state index is 11.4. The molecule has 0 aliphatic heterocycles. The van der Waals surface area contributed by atoms with E-state index in [1.165, 1.54) is 0 Å². The van der Waals surface area contributed by atoms with E-state index in [-0.39, 0.29) is 6.04 Å². The lowest BCUT2D eigenvalue weighted by Crippen LogP contribution is -2.43. The molecule has 0 saturated heterocycles. The molecule has 2 amide bonds. The number of urea groups is 1. The molecule has 0 aliphatic rings. The van der Waals surface area contributed by atoms with Gasteiger partial charge >= 0.3 is 6.03 Å². The Balaban J connectivity index is 2.79. The van der Waals surface area contributed by atoms with Gasteiger partial charge in [0.25, 0.3) is 0 Å². The van der Waals surface area contributed by atoms with Crippen LogP contribution in [-0.2, 0) is 0 Å². The fourth-order valence-electron chi connectivity index (χ4n) is 1.58. The molecule has 1 unspecified atom stereocenters. The smallest absolute Gasteiger partial charge is 0.319 e. The average molecular weight is 222 g/mol. The van der Waals surface area contributed by atoms with Gasteiger partial charge < -0.3 is 11.1 Å². The summed E-state index contributed by atoms with van der Waals surface area (Å²) in [6, 6.07) is 3.22. The van der Waals surface area contributed by atoms with Gasteiger partial charge in [-0.25, -0.2) is 4.79 Å². The quantitative estimate of drug-likeness (QED) is 0.779. The first-order valence-corrected chi connectivity index (χ1v) is 5.30. The minimum Gasteiger partial charge on any atom is -0.351 e. The molecule has 0 bridgehead atoms. The molecular formula is C11H18N4O. The van der Waals surface area contributed by atoms with Crippen molar-refractivity contribution in [3.63, 3.8) is 0 Å². The number of nitrogens with one attached hydrogen (secondary N) is 1. The summed E-state index contributed by atoms with van der Waals surface area (Å²) in [4.78, 5) is 16.9. The number of hydrogen-bond donors (Lipinski definition) is 2. The van der Waals surface area contributed by atoms with E-state index in [0.29, 0.717) is 0 Å². The van der Waals surface area contributed by atoms with E-state index in [1.54, 1.807) is 23.4 Å². The van der Waals surface area contributed by atoms with Gasteiger partial charge in [0.1, 0.15) is 0 Å². The number of hydrogen-bond acceptors (Lipinski definition) is 3. The number of pyridine rings is 1. The Bertz CT molecular complexity index is 328. The van der Waals surface area contributed by atoms with Crippen LogP contribution in [0.2, 0.25) is 0 Å².